The summed E-state index contributed by atoms with van der Waals surface area (Å²) in [6, 6.07) is 7.90. The van der Waals surface area contributed by atoms with E-state index < -0.39 is 5.97 Å². The monoisotopic (exact) mass is 312 g/mol. The number of thiazole rings is 1. The topological polar surface area (TPSA) is 62.2 Å². The number of nitrogens with zero attached hydrogens (tertiary/aromatic N) is 1. The van der Waals surface area contributed by atoms with Crippen molar-refractivity contribution in [2.45, 2.75) is 6.54 Å². The molecule has 2 aromatic rings. The number of nitrogens with one attached hydrogen (secondary N) is 1. The van der Waals surface area contributed by atoms with Gasteiger partial charge in [0.15, 0.2) is 5.13 Å². The number of carboxylic acid groups (broad SMARTS) is 1. The van der Waals surface area contributed by atoms with Crippen LogP contribution in [-0.4, -0.2) is 16.1 Å². The van der Waals surface area contributed by atoms with Gasteiger partial charge in [-0.25, -0.2) is 9.78 Å². The van der Waals surface area contributed by atoms with Gasteiger partial charge in [0.05, 0.1) is 6.20 Å². The number of carbonyl (C=O) groups is 1. The van der Waals surface area contributed by atoms with E-state index in [-0.39, 0.29) is 4.88 Å². The molecule has 0 aliphatic rings. The summed E-state index contributed by atoms with van der Waals surface area (Å²) in [6.45, 7) is 0.625. The lowest BCUT2D eigenvalue weighted by Crippen LogP contribution is -1.98. The number of aromatic carboxylic acids is 1. The van der Waals surface area contributed by atoms with Crippen LogP contribution < -0.4 is 5.32 Å². The highest BCUT2D eigenvalue weighted by Crippen LogP contribution is 2.19. The minimum atomic E-state index is -0.945. The minimum absolute atomic E-state index is 0.239. The molecule has 0 atom stereocenters. The maximum atomic E-state index is 10.7. The van der Waals surface area contributed by atoms with Gasteiger partial charge in [0.25, 0.3) is 0 Å². The quantitative estimate of drug-likeness (QED) is 0.910. The molecule has 0 aliphatic heterocycles. The summed E-state index contributed by atoms with van der Waals surface area (Å²) >= 11 is 4.50. The van der Waals surface area contributed by atoms with Crippen molar-refractivity contribution in [3.05, 3.63) is 45.4 Å². The molecule has 0 spiro atoms. The fourth-order valence-corrected chi connectivity index (χ4v) is 2.15. The molecule has 2 N–H and O–H groups in total. The molecule has 0 saturated heterocycles. The summed E-state index contributed by atoms with van der Waals surface area (Å²) < 4.78 is 1.03. The molecule has 0 amide bonds. The van der Waals surface area contributed by atoms with Crippen molar-refractivity contribution in [1.82, 2.24) is 4.98 Å². The van der Waals surface area contributed by atoms with E-state index >= 15 is 0 Å². The average molecular weight is 313 g/mol. The van der Waals surface area contributed by atoms with Crippen LogP contribution in [-0.2, 0) is 6.54 Å². The summed E-state index contributed by atoms with van der Waals surface area (Å²) in [4.78, 5) is 14.9. The second-order valence-corrected chi connectivity index (χ2v) is 5.26. The molecule has 2 rings (SSSR count). The Balaban J connectivity index is 1.97. The lowest BCUT2D eigenvalue weighted by molar-refractivity contribution is 0.0702. The molecule has 0 bridgehead atoms. The third kappa shape index (κ3) is 3.28. The van der Waals surface area contributed by atoms with E-state index in [1.54, 1.807) is 0 Å². The Bertz CT molecular complexity index is 525. The second kappa shape index (κ2) is 5.29. The van der Waals surface area contributed by atoms with Crippen molar-refractivity contribution in [2.75, 3.05) is 5.32 Å². The van der Waals surface area contributed by atoms with Gasteiger partial charge in [0.1, 0.15) is 4.88 Å². The van der Waals surface area contributed by atoms with E-state index in [9.17, 15) is 4.79 Å². The first-order chi connectivity index (χ1) is 8.15. The molecular weight excluding hydrogens is 304 g/mol. The van der Waals surface area contributed by atoms with Crippen molar-refractivity contribution in [2.24, 2.45) is 0 Å². The van der Waals surface area contributed by atoms with Crippen molar-refractivity contribution < 1.29 is 9.90 Å². The fourth-order valence-electron chi connectivity index (χ4n) is 1.23. The van der Waals surface area contributed by atoms with Crippen LogP contribution in [0.4, 0.5) is 5.13 Å². The van der Waals surface area contributed by atoms with Crippen LogP contribution in [0.3, 0.4) is 0 Å². The second-order valence-electron chi connectivity index (χ2n) is 3.31. The van der Waals surface area contributed by atoms with Crippen LogP contribution in [0.2, 0.25) is 0 Å². The highest BCUT2D eigenvalue weighted by molar-refractivity contribution is 9.10. The normalized spacial score (nSPS) is 10.2. The first-order valence-electron chi connectivity index (χ1n) is 4.82. The first kappa shape index (κ1) is 12.1. The lowest BCUT2D eigenvalue weighted by atomic mass is 10.2. The average Bonchev–Trinajstić information content (AvgIpc) is 2.77. The zero-order valence-corrected chi connectivity index (χ0v) is 11.1. The SMILES string of the molecule is O=C(O)c1cnc(NCc2ccc(Br)cc2)s1. The largest absolute Gasteiger partial charge is 0.477 e. The van der Waals surface area contributed by atoms with E-state index in [1.807, 2.05) is 24.3 Å². The van der Waals surface area contributed by atoms with Gasteiger partial charge in [-0.05, 0) is 17.7 Å². The molecule has 0 fully saturated rings. The Morgan fingerprint density at radius 3 is 2.71 bits per heavy atom. The fraction of sp³-hybridized carbons (Fsp3) is 0.0909. The number of hydrogen-bond donors (Lipinski definition) is 2. The van der Waals surface area contributed by atoms with Crippen LogP contribution in [0.1, 0.15) is 15.2 Å². The molecular formula is C11H9BrN2O2S. The predicted molar refractivity (Wildman–Crippen MR) is 70.5 cm³/mol. The third-order valence-electron chi connectivity index (χ3n) is 2.07. The lowest BCUT2D eigenvalue weighted by Gasteiger charge is -2.02. The molecule has 17 heavy (non-hydrogen) atoms. The van der Waals surface area contributed by atoms with Crippen molar-refractivity contribution in [1.29, 1.82) is 0 Å². The highest BCUT2D eigenvalue weighted by atomic mass is 79.9. The number of halogens is 1. The van der Waals surface area contributed by atoms with Gasteiger partial charge in [-0.15, -0.1) is 0 Å². The smallest absolute Gasteiger partial charge is 0.347 e. The number of rotatable bonds is 4. The molecule has 0 aliphatic carbocycles. The molecule has 88 valence electrons. The maximum Gasteiger partial charge on any atom is 0.347 e. The number of anilines is 1. The summed E-state index contributed by atoms with van der Waals surface area (Å²) in [5.41, 5.74) is 1.11. The van der Waals surface area contributed by atoms with Gasteiger partial charge in [-0.3, -0.25) is 0 Å². The van der Waals surface area contributed by atoms with Gasteiger partial charge in [0, 0.05) is 11.0 Å². The standard InChI is InChI=1S/C11H9BrN2O2S/c12-8-3-1-7(2-4-8)5-13-11-14-6-9(17-11)10(15)16/h1-4,6H,5H2,(H,13,14)(H,15,16). The Labute approximate surface area is 110 Å². The molecule has 0 saturated carbocycles. The molecule has 0 unspecified atom stereocenters. The van der Waals surface area contributed by atoms with E-state index in [1.165, 1.54) is 6.20 Å². The van der Waals surface area contributed by atoms with Crippen LogP contribution in [0.15, 0.2) is 34.9 Å². The minimum Gasteiger partial charge on any atom is -0.477 e. The zero-order chi connectivity index (χ0) is 12.3. The molecule has 1 aromatic heterocycles. The third-order valence-corrected chi connectivity index (χ3v) is 3.55. The number of aromatic nitrogens is 1. The van der Waals surface area contributed by atoms with Crippen molar-refractivity contribution in [3.8, 4) is 0 Å². The van der Waals surface area contributed by atoms with Gasteiger partial charge in [0.2, 0.25) is 0 Å². The first-order valence-corrected chi connectivity index (χ1v) is 6.43. The Kier molecular flexibility index (Phi) is 3.75. The van der Waals surface area contributed by atoms with E-state index in [2.05, 4.69) is 26.2 Å². The van der Waals surface area contributed by atoms with Gasteiger partial charge >= 0.3 is 5.97 Å². The van der Waals surface area contributed by atoms with Crippen LogP contribution >= 0.6 is 27.3 Å². The molecule has 1 heterocycles. The van der Waals surface area contributed by atoms with E-state index in [4.69, 9.17) is 5.11 Å². The van der Waals surface area contributed by atoms with Gasteiger partial charge in [-0.1, -0.05) is 39.4 Å². The summed E-state index contributed by atoms with van der Waals surface area (Å²) in [5, 5.41) is 12.5. The molecule has 6 heteroatoms. The van der Waals surface area contributed by atoms with Gasteiger partial charge in [-0.2, -0.15) is 0 Å². The van der Waals surface area contributed by atoms with Crippen LogP contribution in [0, 0.1) is 0 Å². The number of benzene rings is 1. The van der Waals surface area contributed by atoms with Crippen molar-refractivity contribution in [3.63, 3.8) is 0 Å². The van der Waals surface area contributed by atoms with E-state index in [0.29, 0.717) is 11.7 Å². The maximum absolute atomic E-state index is 10.7. The Hall–Kier alpha value is -1.40. The zero-order valence-electron chi connectivity index (χ0n) is 8.68. The van der Waals surface area contributed by atoms with E-state index in [0.717, 1.165) is 21.4 Å². The van der Waals surface area contributed by atoms with Gasteiger partial charge < -0.3 is 10.4 Å². The van der Waals surface area contributed by atoms with Crippen molar-refractivity contribution >= 4 is 38.4 Å². The molecule has 0 radical (unpaired) electrons. The number of carboxylic acids is 1. The Morgan fingerprint density at radius 2 is 2.12 bits per heavy atom. The van der Waals surface area contributed by atoms with Crippen LogP contribution in [0.25, 0.3) is 0 Å². The molecule has 4 nitrogen and oxygen atoms in total. The summed E-state index contributed by atoms with van der Waals surface area (Å²) in [6.07, 6.45) is 1.36. The number of hydrogen-bond acceptors (Lipinski definition) is 4. The van der Waals surface area contributed by atoms with Crippen LogP contribution in [0.5, 0.6) is 0 Å². The summed E-state index contributed by atoms with van der Waals surface area (Å²) in [7, 11) is 0. The highest BCUT2D eigenvalue weighted by Gasteiger charge is 2.07. The summed E-state index contributed by atoms with van der Waals surface area (Å²) in [5.74, 6) is -0.945. The molecule has 1 aromatic carbocycles. The Morgan fingerprint density at radius 1 is 1.41 bits per heavy atom. The predicted octanol–water partition coefficient (Wildman–Crippen LogP) is 3.22.